The quantitative estimate of drug-likeness (QED) is 0.814. The molecule has 1 N–H and O–H groups in total. The Balaban J connectivity index is 1.53. The molecule has 1 unspecified atom stereocenters. The average molecular weight is 352 g/mol. The van der Waals surface area contributed by atoms with Crippen LogP contribution in [0.1, 0.15) is 63.0 Å². The van der Waals surface area contributed by atoms with Crippen molar-refractivity contribution in [2.75, 3.05) is 0 Å². The van der Waals surface area contributed by atoms with Crippen molar-refractivity contribution in [2.45, 2.75) is 76.5 Å². The van der Waals surface area contributed by atoms with Gasteiger partial charge in [-0.1, -0.05) is 36.9 Å². The third kappa shape index (κ3) is 4.11. The fourth-order valence-electron chi connectivity index (χ4n) is 3.93. The molecule has 1 aromatic carbocycles. The minimum Gasteiger partial charge on any atom is -0.352 e. The molecule has 5 heteroatoms. The summed E-state index contributed by atoms with van der Waals surface area (Å²) in [7, 11) is 0. The first-order valence-corrected chi connectivity index (χ1v) is 9.16. The molecule has 0 aromatic heterocycles. The Bertz CT molecular complexity index is 613. The summed E-state index contributed by atoms with van der Waals surface area (Å²) < 4.78 is 0. The van der Waals surface area contributed by atoms with E-state index in [0.717, 1.165) is 30.4 Å². The van der Waals surface area contributed by atoms with Gasteiger partial charge in [-0.15, -0.1) is 0 Å². The number of hydrogen-bond donors (Lipinski definition) is 1. The van der Waals surface area contributed by atoms with E-state index in [0.29, 0.717) is 18.0 Å². The van der Waals surface area contributed by atoms with Crippen molar-refractivity contribution in [3.8, 4) is 0 Å². The normalized spacial score (nSPS) is 25.8. The molecule has 1 aliphatic heterocycles. The zero-order valence-electron chi connectivity index (χ0n) is 14.5. The van der Waals surface area contributed by atoms with Gasteiger partial charge in [0.1, 0.15) is 11.2 Å². The summed E-state index contributed by atoms with van der Waals surface area (Å²) in [6.07, 6.45) is 6.82. The van der Waals surface area contributed by atoms with Crippen molar-refractivity contribution in [1.29, 1.82) is 0 Å². The van der Waals surface area contributed by atoms with Crippen molar-refractivity contribution in [3.63, 3.8) is 0 Å². The van der Waals surface area contributed by atoms with Crippen molar-refractivity contribution in [1.82, 2.24) is 5.32 Å². The van der Waals surface area contributed by atoms with E-state index in [1.807, 2.05) is 32.0 Å². The van der Waals surface area contributed by atoms with E-state index in [1.165, 1.54) is 19.3 Å². The number of carbonyl (C=O) groups is 1. The van der Waals surface area contributed by atoms with Crippen LogP contribution < -0.4 is 5.32 Å². The first kappa shape index (κ1) is 17.7. The number of hydrogen-bond acceptors (Lipinski definition) is 3. The zero-order valence-corrected chi connectivity index (χ0v) is 15.2. The number of nitrogens with one attached hydrogen (secondary N) is 1. The second-order valence-electron chi connectivity index (χ2n) is 7.56. The molecule has 0 radical (unpaired) electrons. The molecule has 1 aliphatic carbocycles. The highest BCUT2D eigenvalue weighted by atomic mass is 35.5. The van der Waals surface area contributed by atoms with Crippen LogP contribution in [0.25, 0.3) is 0 Å². The summed E-state index contributed by atoms with van der Waals surface area (Å²) in [5.41, 5.74) is 1.46. The highest BCUT2D eigenvalue weighted by Crippen LogP contribution is 2.46. The van der Waals surface area contributed by atoms with Gasteiger partial charge in [-0.3, -0.25) is 4.79 Å². The summed E-state index contributed by atoms with van der Waals surface area (Å²) in [5, 5.41) is 3.70. The average Bonchev–Trinajstić information content (AvgIpc) is 2.83. The van der Waals surface area contributed by atoms with Crippen LogP contribution in [0.2, 0.25) is 5.02 Å². The van der Waals surface area contributed by atoms with E-state index in [4.69, 9.17) is 21.4 Å². The minimum absolute atomic E-state index is 0.0108. The maximum absolute atomic E-state index is 12.4. The molecule has 132 valence electrons. The molecule has 2 aliphatic rings. The standard InChI is InChI=1S/C19H26ClNO3/c1-14-10-16(20)7-6-15(14)12-21-17(22)11-18(2)13-19(24-23-18)8-4-3-5-9-19/h6-7,10H,3-5,8-9,11-13H2,1-2H3,(H,21,22). The maximum atomic E-state index is 12.4. The van der Waals surface area contributed by atoms with Crippen LogP contribution in [-0.2, 0) is 21.1 Å². The fraction of sp³-hybridized carbons (Fsp3) is 0.632. The smallest absolute Gasteiger partial charge is 0.223 e. The van der Waals surface area contributed by atoms with Crippen LogP contribution in [0.3, 0.4) is 0 Å². The van der Waals surface area contributed by atoms with Gasteiger partial charge >= 0.3 is 0 Å². The van der Waals surface area contributed by atoms with E-state index in [9.17, 15) is 4.79 Å². The van der Waals surface area contributed by atoms with Crippen LogP contribution >= 0.6 is 11.6 Å². The van der Waals surface area contributed by atoms with E-state index in [-0.39, 0.29) is 11.5 Å². The highest BCUT2D eigenvalue weighted by Gasteiger charge is 2.50. The molecular weight excluding hydrogens is 326 g/mol. The summed E-state index contributed by atoms with van der Waals surface area (Å²) in [6.45, 7) is 4.48. The highest BCUT2D eigenvalue weighted by molar-refractivity contribution is 6.30. The minimum atomic E-state index is -0.531. The molecule has 1 saturated heterocycles. The molecule has 1 saturated carbocycles. The van der Waals surface area contributed by atoms with Crippen molar-refractivity contribution >= 4 is 17.5 Å². The predicted octanol–water partition coefficient (Wildman–Crippen LogP) is 4.47. The number of halogens is 1. The Kier molecular flexibility index (Phi) is 5.19. The molecule has 1 spiro atoms. The zero-order chi connectivity index (χ0) is 17.2. The van der Waals surface area contributed by atoms with Gasteiger partial charge < -0.3 is 5.32 Å². The molecule has 1 aromatic rings. The van der Waals surface area contributed by atoms with Crippen LogP contribution in [0, 0.1) is 6.92 Å². The van der Waals surface area contributed by atoms with Crippen LogP contribution in [0.5, 0.6) is 0 Å². The molecular formula is C19H26ClNO3. The van der Waals surface area contributed by atoms with Crippen molar-refractivity contribution < 1.29 is 14.6 Å². The van der Waals surface area contributed by atoms with Crippen molar-refractivity contribution in [2.24, 2.45) is 0 Å². The Morgan fingerprint density at radius 1 is 1.25 bits per heavy atom. The van der Waals surface area contributed by atoms with E-state index < -0.39 is 5.60 Å². The first-order valence-electron chi connectivity index (χ1n) is 8.78. The molecule has 1 amide bonds. The summed E-state index contributed by atoms with van der Waals surface area (Å²) in [6, 6.07) is 5.70. The Hall–Kier alpha value is -1.10. The molecule has 0 bridgehead atoms. The second-order valence-corrected chi connectivity index (χ2v) is 8.00. The SMILES string of the molecule is Cc1cc(Cl)ccc1CNC(=O)CC1(C)CC2(CCCCC2)OO1. The Morgan fingerprint density at radius 2 is 2.00 bits per heavy atom. The van der Waals surface area contributed by atoms with Gasteiger partial charge in [0, 0.05) is 18.0 Å². The number of benzene rings is 1. The molecule has 1 heterocycles. The summed E-state index contributed by atoms with van der Waals surface area (Å²) in [4.78, 5) is 23.7. The van der Waals surface area contributed by atoms with Crippen LogP contribution in [0.15, 0.2) is 18.2 Å². The number of rotatable bonds is 4. The lowest BCUT2D eigenvalue weighted by Gasteiger charge is -2.30. The lowest BCUT2D eigenvalue weighted by molar-refractivity contribution is -0.351. The first-order chi connectivity index (χ1) is 11.4. The topological polar surface area (TPSA) is 47.6 Å². The summed E-state index contributed by atoms with van der Waals surface area (Å²) >= 11 is 5.96. The lowest BCUT2D eigenvalue weighted by atomic mass is 9.77. The number of carbonyl (C=O) groups excluding carboxylic acids is 1. The van der Waals surface area contributed by atoms with E-state index >= 15 is 0 Å². The van der Waals surface area contributed by atoms with Gasteiger partial charge in [0.25, 0.3) is 0 Å². The van der Waals surface area contributed by atoms with Gasteiger partial charge in [-0.05, 0) is 49.9 Å². The van der Waals surface area contributed by atoms with E-state index in [2.05, 4.69) is 5.32 Å². The third-order valence-corrected chi connectivity index (χ3v) is 5.43. The van der Waals surface area contributed by atoms with Gasteiger partial charge in [0.05, 0.1) is 6.42 Å². The number of amides is 1. The summed E-state index contributed by atoms with van der Waals surface area (Å²) in [5.74, 6) is -0.0108. The third-order valence-electron chi connectivity index (χ3n) is 5.20. The predicted molar refractivity (Wildman–Crippen MR) is 93.7 cm³/mol. The molecule has 24 heavy (non-hydrogen) atoms. The largest absolute Gasteiger partial charge is 0.352 e. The molecule has 2 fully saturated rings. The van der Waals surface area contributed by atoms with Gasteiger partial charge in [-0.2, -0.15) is 0 Å². The van der Waals surface area contributed by atoms with Gasteiger partial charge in [0.2, 0.25) is 5.91 Å². The Labute approximate surface area is 148 Å². The lowest BCUT2D eigenvalue weighted by Crippen LogP contribution is -2.37. The monoisotopic (exact) mass is 351 g/mol. The Morgan fingerprint density at radius 3 is 2.71 bits per heavy atom. The van der Waals surface area contributed by atoms with Gasteiger partial charge in [0.15, 0.2) is 0 Å². The van der Waals surface area contributed by atoms with E-state index in [1.54, 1.807) is 0 Å². The molecule has 4 nitrogen and oxygen atoms in total. The second kappa shape index (κ2) is 7.03. The maximum Gasteiger partial charge on any atom is 0.223 e. The van der Waals surface area contributed by atoms with Gasteiger partial charge in [-0.25, -0.2) is 9.78 Å². The van der Waals surface area contributed by atoms with Crippen LogP contribution in [-0.4, -0.2) is 17.1 Å². The van der Waals surface area contributed by atoms with Crippen LogP contribution in [0.4, 0.5) is 0 Å². The fourth-order valence-corrected chi connectivity index (χ4v) is 4.16. The number of aryl methyl sites for hydroxylation is 1. The molecule has 1 atom stereocenters. The van der Waals surface area contributed by atoms with Crippen molar-refractivity contribution in [3.05, 3.63) is 34.3 Å². The molecule has 3 rings (SSSR count).